The molecule has 1 aliphatic heterocycles. The van der Waals surface area contributed by atoms with Crippen LogP contribution in [0.15, 0.2) is 41.5 Å². The molecule has 0 unspecified atom stereocenters. The zero-order valence-corrected chi connectivity index (χ0v) is 17.2. The lowest BCUT2D eigenvalue weighted by Gasteiger charge is -2.21. The normalized spacial score (nSPS) is 14.3. The van der Waals surface area contributed by atoms with E-state index in [0.29, 0.717) is 28.2 Å². The summed E-state index contributed by atoms with van der Waals surface area (Å²) >= 11 is 0. The Labute approximate surface area is 178 Å². The predicted octanol–water partition coefficient (Wildman–Crippen LogP) is 2.04. The number of nitrogens with zero attached hydrogens (tertiary/aromatic N) is 7. The molecule has 0 spiro atoms. The molecule has 0 radical (unpaired) electrons. The monoisotopic (exact) mass is 414 g/mol. The number of likely N-dealkylation sites (tertiary alicyclic amines) is 1. The van der Waals surface area contributed by atoms with Crippen molar-refractivity contribution < 1.29 is 0 Å². The first kappa shape index (κ1) is 19.2. The number of nitrogens with one attached hydrogen (secondary N) is 1. The molecule has 0 bridgehead atoms. The van der Waals surface area contributed by atoms with E-state index < -0.39 is 0 Å². The lowest BCUT2D eigenvalue weighted by molar-refractivity contribution is 0.346. The van der Waals surface area contributed by atoms with Crippen molar-refractivity contribution in [1.82, 2.24) is 29.5 Å². The van der Waals surface area contributed by atoms with E-state index in [2.05, 4.69) is 31.0 Å². The molecule has 1 aliphatic rings. The van der Waals surface area contributed by atoms with Crippen molar-refractivity contribution in [1.29, 1.82) is 5.26 Å². The maximum absolute atomic E-state index is 12.7. The third-order valence-corrected chi connectivity index (χ3v) is 5.77. The van der Waals surface area contributed by atoms with Crippen molar-refractivity contribution in [2.75, 3.05) is 38.1 Å². The van der Waals surface area contributed by atoms with Gasteiger partial charge in [-0.15, -0.1) is 0 Å². The summed E-state index contributed by atoms with van der Waals surface area (Å²) in [7, 11) is 1.90. The molecule has 0 aliphatic carbocycles. The SMILES string of the molecule is CN(CCN1CCCC1)c1nc2ccc(-c3cnn4ccc(C#N)cc34)nc2[nH]c1=O. The molecular weight excluding hydrogens is 392 g/mol. The molecule has 9 nitrogen and oxygen atoms in total. The second-order valence-corrected chi connectivity index (χ2v) is 7.84. The smallest absolute Gasteiger partial charge is 0.292 e. The van der Waals surface area contributed by atoms with Gasteiger partial charge in [0.2, 0.25) is 0 Å². The van der Waals surface area contributed by atoms with Gasteiger partial charge >= 0.3 is 0 Å². The number of likely N-dealkylation sites (N-methyl/N-ethyl adjacent to an activating group) is 1. The number of H-pyrrole nitrogens is 1. The van der Waals surface area contributed by atoms with Crippen LogP contribution in [0, 0.1) is 11.3 Å². The highest BCUT2D eigenvalue weighted by Gasteiger charge is 2.16. The zero-order chi connectivity index (χ0) is 21.4. The Balaban J connectivity index is 1.46. The van der Waals surface area contributed by atoms with Crippen LogP contribution in [0.2, 0.25) is 0 Å². The largest absolute Gasteiger partial charge is 0.354 e. The first-order valence-corrected chi connectivity index (χ1v) is 10.3. The molecule has 1 fully saturated rings. The van der Waals surface area contributed by atoms with E-state index in [-0.39, 0.29) is 5.56 Å². The van der Waals surface area contributed by atoms with Crippen molar-refractivity contribution in [2.45, 2.75) is 12.8 Å². The molecule has 0 amide bonds. The van der Waals surface area contributed by atoms with Gasteiger partial charge in [-0.2, -0.15) is 10.4 Å². The molecule has 0 saturated carbocycles. The van der Waals surface area contributed by atoms with E-state index in [1.807, 2.05) is 24.1 Å². The van der Waals surface area contributed by atoms with Crippen molar-refractivity contribution in [2.24, 2.45) is 0 Å². The third kappa shape index (κ3) is 3.62. The summed E-state index contributed by atoms with van der Waals surface area (Å²) < 4.78 is 1.70. The van der Waals surface area contributed by atoms with Crippen LogP contribution in [0.4, 0.5) is 5.82 Å². The summed E-state index contributed by atoms with van der Waals surface area (Å²) in [4.78, 5) is 29.1. The molecule has 0 atom stereocenters. The van der Waals surface area contributed by atoms with E-state index in [4.69, 9.17) is 0 Å². The van der Waals surface area contributed by atoms with Gasteiger partial charge in [0.15, 0.2) is 11.5 Å². The molecule has 156 valence electrons. The molecule has 9 heteroatoms. The van der Waals surface area contributed by atoms with Gasteiger partial charge in [0.05, 0.1) is 29.0 Å². The second kappa shape index (κ2) is 7.81. The highest BCUT2D eigenvalue weighted by Crippen LogP contribution is 2.25. The van der Waals surface area contributed by atoms with Crippen LogP contribution >= 0.6 is 0 Å². The van der Waals surface area contributed by atoms with E-state index >= 15 is 0 Å². The minimum Gasteiger partial charge on any atom is -0.354 e. The number of pyridine rings is 2. The average Bonchev–Trinajstić information content (AvgIpc) is 3.46. The van der Waals surface area contributed by atoms with Gasteiger partial charge in [-0.1, -0.05) is 0 Å². The number of hydrogen-bond acceptors (Lipinski definition) is 7. The summed E-state index contributed by atoms with van der Waals surface area (Å²) in [5.74, 6) is 0.399. The van der Waals surface area contributed by atoms with E-state index in [0.717, 1.165) is 37.3 Å². The van der Waals surface area contributed by atoms with Crippen LogP contribution in [-0.4, -0.2) is 62.7 Å². The minimum absolute atomic E-state index is 0.257. The van der Waals surface area contributed by atoms with Gasteiger partial charge in [-0.3, -0.25) is 4.79 Å². The maximum atomic E-state index is 12.7. The van der Waals surface area contributed by atoms with Crippen LogP contribution in [0.1, 0.15) is 18.4 Å². The molecule has 1 saturated heterocycles. The fraction of sp³-hybridized carbons (Fsp3) is 0.318. The highest BCUT2D eigenvalue weighted by molar-refractivity contribution is 5.82. The van der Waals surface area contributed by atoms with Crippen LogP contribution in [0.5, 0.6) is 0 Å². The molecule has 4 aromatic heterocycles. The average molecular weight is 414 g/mol. The van der Waals surface area contributed by atoms with Gasteiger partial charge in [-0.25, -0.2) is 14.5 Å². The summed E-state index contributed by atoms with van der Waals surface area (Å²) in [5, 5.41) is 13.5. The lowest BCUT2D eigenvalue weighted by Crippen LogP contribution is -2.34. The minimum atomic E-state index is -0.257. The fourth-order valence-electron chi connectivity index (χ4n) is 4.02. The summed E-state index contributed by atoms with van der Waals surface area (Å²) in [5.41, 5.74) is 3.56. The van der Waals surface area contributed by atoms with E-state index in [1.54, 1.807) is 29.0 Å². The Hall–Kier alpha value is -3.77. The number of hydrogen-bond donors (Lipinski definition) is 1. The van der Waals surface area contributed by atoms with Crippen LogP contribution in [0.25, 0.3) is 27.9 Å². The summed E-state index contributed by atoms with van der Waals surface area (Å²) in [6.07, 6.45) is 5.94. The van der Waals surface area contributed by atoms with Crippen molar-refractivity contribution in [3.8, 4) is 17.3 Å². The number of rotatable bonds is 5. The Morgan fingerprint density at radius 3 is 2.87 bits per heavy atom. The van der Waals surface area contributed by atoms with Crippen molar-refractivity contribution >= 4 is 22.5 Å². The molecule has 5 heterocycles. The highest BCUT2D eigenvalue weighted by atomic mass is 16.1. The van der Waals surface area contributed by atoms with Crippen LogP contribution in [-0.2, 0) is 0 Å². The first-order valence-electron chi connectivity index (χ1n) is 10.3. The molecular formula is C22H22N8O. The third-order valence-electron chi connectivity index (χ3n) is 5.77. The number of aromatic nitrogens is 5. The molecule has 1 N–H and O–H groups in total. The Morgan fingerprint density at radius 2 is 2.06 bits per heavy atom. The molecule has 31 heavy (non-hydrogen) atoms. The Morgan fingerprint density at radius 1 is 1.23 bits per heavy atom. The lowest BCUT2D eigenvalue weighted by atomic mass is 10.1. The fourth-order valence-corrected chi connectivity index (χ4v) is 4.02. The number of nitriles is 1. The molecule has 5 rings (SSSR count). The first-order chi connectivity index (χ1) is 15.1. The number of aromatic amines is 1. The van der Waals surface area contributed by atoms with Gasteiger partial charge in [0, 0.05) is 31.9 Å². The molecule has 0 aromatic carbocycles. The topological polar surface area (TPSA) is 106 Å². The van der Waals surface area contributed by atoms with Gasteiger partial charge in [-0.05, 0) is 50.2 Å². The van der Waals surface area contributed by atoms with E-state index in [1.165, 1.54) is 12.8 Å². The van der Waals surface area contributed by atoms with Crippen molar-refractivity contribution in [3.63, 3.8) is 0 Å². The van der Waals surface area contributed by atoms with Crippen LogP contribution < -0.4 is 10.5 Å². The van der Waals surface area contributed by atoms with Crippen LogP contribution in [0.3, 0.4) is 0 Å². The predicted molar refractivity (Wildman–Crippen MR) is 118 cm³/mol. The second-order valence-electron chi connectivity index (χ2n) is 7.84. The standard InChI is InChI=1S/C22H22N8O/c1-28(10-11-29-7-2-3-8-29)21-22(31)27-20-18(26-21)5-4-17(25-20)16-14-24-30-9-6-15(13-23)12-19(16)30/h4-6,9,12,14H,2-3,7-8,10-11H2,1H3,(H,25,27,31). The van der Waals surface area contributed by atoms with Gasteiger partial charge in [0.25, 0.3) is 5.56 Å². The maximum Gasteiger partial charge on any atom is 0.292 e. The number of anilines is 1. The van der Waals surface area contributed by atoms with Gasteiger partial charge in [0.1, 0.15) is 5.52 Å². The molecule has 4 aromatic rings. The summed E-state index contributed by atoms with van der Waals surface area (Å²) in [6, 6.07) is 9.33. The quantitative estimate of drug-likeness (QED) is 0.533. The Kier molecular flexibility index (Phi) is 4.84. The Bertz CT molecular complexity index is 1360. The zero-order valence-electron chi connectivity index (χ0n) is 17.2. The number of fused-ring (bicyclic) bond motifs is 2. The summed E-state index contributed by atoms with van der Waals surface area (Å²) in [6.45, 7) is 3.92. The van der Waals surface area contributed by atoms with Crippen molar-refractivity contribution in [3.05, 3.63) is 52.6 Å². The van der Waals surface area contributed by atoms with Gasteiger partial charge < -0.3 is 14.8 Å². The van der Waals surface area contributed by atoms with E-state index in [9.17, 15) is 10.1 Å².